The maximum absolute atomic E-state index is 13.0. The Balaban J connectivity index is 1.61. The molecule has 0 saturated heterocycles. The summed E-state index contributed by atoms with van der Waals surface area (Å²) in [4.78, 5) is 50.6. The van der Waals surface area contributed by atoms with E-state index in [-0.39, 0.29) is 13.2 Å². The number of carbonyl (C=O) groups excluding carboxylic acids is 4. The summed E-state index contributed by atoms with van der Waals surface area (Å²) < 4.78 is 11.0. The number of benzene rings is 2. The molecule has 1 aliphatic rings. The second-order valence-corrected chi connectivity index (χ2v) is 10.9. The highest BCUT2D eigenvalue weighted by Crippen LogP contribution is 2.32. The molecule has 0 heterocycles. The fourth-order valence-corrected chi connectivity index (χ4v) is 4.53. The Morgan fingerprint density at radius 2 is 1.08 bits per heavy atom. The molecule has 2 N–H and O–H groups in total. The molecule has 0 spiro atoms. The Kier molecular flexibility index (Phi) is 9.22. The number of ketones is 2. The molecule has 8 heteroatoms. The highest BCUT2D eigenvalue weighted by Gasteiger charge is 2.38. The summed E-state index contributed by atoms with van der Waals surface area (Å²) in [6.07, 6.45) is 2.59. The first kappa shape index (κ1) is 29.2. The molecular formula is C30H36O8. The number of esters is 2. The molecule has 1 saturated carbocycles. The summed E-state index contributed by atoms with van der Waals surface area (Å²) in [5.74, 6) is -3.14. The van der Waals surface area contributed by atoms with E-state index in [0.717, 1.165) is 12.8 Å². The van der Waals surface area contributed by atoms with Crippen molar-refractivity contribution in [2.45, 2.75) is 77.8 Å². The number of aliphatic hydroxyl groups is 2. The lowest BCUT2D eigenvalue weighted by molar-refractivity contribution is -0.164. The molecule has 3 rings (SSSR count). The maximum atomic E-state index is 13.0. The molecule has 2 unspecified atom stereocenters. The van der Waals surface area contributed by atoms with E-state index in [9.17, 15) is 29.4 Å². The van der Waals surface area contributed by atoms with Gasteiger partial charge < -0.3 is 19.7 Å². The molecule has 1 fully saturated rings. The van der Waals surface area contributed by atoms with Crippen LogP contribution in [-0.4, -0.2) is 44.9 Å². The normalized spacial score (nSPS) is 17.9. The van der Waals surface area contributed by atoms with Crippen LogP contribution >= 0.6 is 0 Å². The first-order valence-electron chi connectivity index (χ1n) is 12.8. The van der Waals surface area contributed by atoms with Gasteiger partial charge in [-0.2, -0.15) is 0 Å². The monoisotopic (exact) mass is 524 g/mol. The van der Waals surface area contributed by atoms with Crippen molar-refractivity contribution in [2.75, 3.05) is 0 Å². The van der Waals surface area contributed by atoms with Crippen LogP contribution in [0.1, 0.15) is 85.2 Å². The topological polar surface area (TPSA) is 127 Å². The van der Waals surface area contributed by atoms with Gasteiger partial charge in [-0.05, 0) is 63.8 Å². The van der Waals surface area contributed by atoms with Crippen molar-refractivity contribution in [1.82, 2.24) is 0 Å². The number of Topliss-reactive ketones (excluding diaryl/α,β-unsaturated/α-hetero) is 2. The van der Waals surface area contributed by atoms with Crippen LogP contribution in [0.5, 0.6) is 0 Å². The van der Waals surface area contributed by atoms with E-state index in [4.69, 9.17) is 9.47 Å². The quantitative estimate of drug-likeness (QED) is 0.350. The van der Waals surface area contributed by atoms with E-state index in [1.165, 1.54) is 27.7 Å². The maximum Gasteiger partial charge on any atom is 0.310 e. The summed E-state index contributed by atoms with van der Waals surface area (Å²) in [6.45, 7) is 5.53. The van der Waals surface area contributed by atoms with Crippen molar-refractivity contribution in [3.63, 3.8) is 0 Å². The van der Waals surface area contributed by atoms with Gasteiger partial charge in [-0.25, -0.2) is 0 Å². The van der Waals surface area contributed by atoms with E-state index in [0.29, 0.717) is 35.1 Å². The predicted molar refractivity (Wildman–Crippen MR) is 139 cm³/mol. The first-order chi connectivity index (χ1) is 17.8. The van der Waals surface area contributed by atoms with Crippen LogP contribution in [0, 0.1) is 11.8 Å². The minimum absolute atomic E-state index is 0.0634. The summed E-state index contributed by atoms with van der Waals surface area (Å²) in [6, 6.07) is 13.1. The molecule has 0 bridgehead atoms. The smallest absolute Gasteiger partial charge is 0.310 e. The zero-order chi connectivity index (χ0) is 28.1. The Morgan fingerprint density at radius 1 is 0.711 bits per heavy atom. The van der Waals surface area contributed by atoms with Crippen LogP contribution in [0.3, 0.4) is 0 Å². The van der Waals surface area contributed by atoms with Gasteiger partial charge in [0.1, 0.15) is 24.4 Å². The van der Waals surface area contributed by atoms with Crippen LogP contribution < -0.4 is 0 Å². The second kappa shape index (κ2) is 12.0. The Labute approximate surface area is 223 Å². The molecule has 0 aliphatic heterocycles. The van der Waals surface area contributed by atoms with Gasteiger partial charge in [0.2, 0.25) is 0 Å². The standard InChI is InChI=1S/C30H36O8/c1-29(2,35)25(31)21-11-7-9-19(15-21)17-37-27(33)23-13-5-6-14-24(23)28(34)38-18-20-10-8-12-22(16-20)26(32)30(3,4)36/h7-12,15-16,23-24,35-36H,5-6,13-14,17-18H2,1-4H3. The van der Waals surface area contributed by atoms with Gasteiger partial charge in [0, 0.05) is 11.1 Å². The zero-order valence-corrected chi connectivity index (χ0v) is 22.4. The summed E-state index contributed by atoms with van der Waals surface area (Å²) in [5.41, 5.74) is -1.20. The number of hydrogen-bond donors (Lipinski definition) is 2. The lowest BCUT2D eigenvalue weighted by Gasteiger charge is -2.28. The van der Waals surface area contributed by atoms with Crippen molar-refractivity contribution in [3.05, 3.63) is 70.8 Å². The van der Waals surface area contributed by atoms with Crippen LogP contribution in [0.25, 0.3) is 0 Å². The third-order valence-corrected chi connectivity index (χ3v) is 6.62. The zero-order valence-electron chi connectivity index (χ0n) is 22.4. The number of ether oxygens (including phenoxy) is 2. The number of carbonyl (C=O) groups is 4. The fraction of sp³-hybridized carbons (Fsp3) is 0.467. The van der Waals surface area contributed by atoms with Crippen molar-refractivity contribution in [3.8, 4) is 0 Å². The van der Waals surface area contributed by atoms with E-state index < -0.39 is 46.5 Å². The average molecular weight is 525 g/mol. The van der Waals surface area contributed by atoms with Gasteiger partial charge in [-0.15, -0.1) is 0 Å². The largest absolute Gasteiger partial charge is 0.461 e. The number of hydrogen-bond acceptors (Lipinski definition) is 8. The van der Waals surface area contributed by atoms with Crippen molar-refractivity contribution in [2.24, 2.45) is 11.8 Å². The molecule has 2 aromatic rings. The Morgan fingerprint density at radius 3 is 1.42 bits per heavy atom. The van der Waals surface area contributed by atoms with Gasteiger partial charge in [0.25, 0.3) is 0 Å². The average Bonchev–Trinajstić information content (AvgIpc) is 2.88. The number of rotatable bonds is 10. The highest BCUT2D eigenvalue weighted by atomic mass is 16.5. The third-order valence-electron chi connectivity index (χ3n) is 6.62. The summed E-state index contributed by atoms with van der Waals surface area (Å²) in [5, 5.41) is 20.0. The summed E-state index contributed by atoms with van der Waals surface area (Å²) in [7, 11) is 0. The van der Waals surface area contributed by atoms with Crippen molar-refractivity contribution < 1.29 is 38.9 Å². The van der Waals surface area contributed by atoms with Crippen LogP contribution in [-0.2, 0) is 32.3 Å². The van der Waals surface area contributed by atoms with Gasteiger partial charge in [-0.3, -0.25) is 19.2 Å². The van der Waals surface area contributed by atoms with Crippen molar-refractivity contribution >= 4 is 23.5 Å². The van der Waals surface area contributed by atoms with E-state index in [1.54, 1.807) is 48.5 Å². The third kappa shape index (κ3) is 7.58. The SMILES string of the molecule is CC(C)(O)C(=O)c1cccc(COC(=O)C2CCCCC2C(=O)OCc2cccc(C(=O)C(C)(C)O)c2)c1. The lowest BCUT2D eigenvalue weighted by Crippen LogP contribution is -2.35. The van der Waals surface area contributed by atoms with Crippen LogP contribution in [0.15, 0.2) is 48.5 Å². The van der Waals surface area contributed by atoms with Crippen LogP contribution in [0.2, 0.25) is 0 Å². The van der Waals surface area contributed by atoms with Crippen LogP contribution in [0.4, 0.5) is 0 Å². The lowest BCUT2D eigenvalue weighted by atomic mass is 9.79. The molecule has 0 amide bonds. The molecular weight excluding hydrogens is 488 g/mol. The van der Waals surface area contributed by atoms with E-state index >= 15 is 0 Å². The Bertz CT molecular complexity index is 1090. The molecule has 2 aromatic carbocycles. The predicted octanol–water partition coefficient (Wildman–Crippen LogP) is 4.19. The molecule has 1 aliphatic carbocycles. The minimum atomic E-state index is -1.52. The summed E-state index contributed by atoms with van der Waals surface area (Å²) >= 11 is 0. The van der Waals surface area contributed by atoms with Gasteiger partial charge in [-0.1, -0.05) is 49.2 Å². The van der Waals surface area contributed by atoms with Gasteiger partial charge in [0.15, 0.2) is 11.6 Å². The molecule has 204 valence electrons. The van der Waals surface area contributed by atoms with Gasteiger partial charge >= 0.3 is 11.9 Å². The fourth-order valence-electron chi connectivity index (χ4n) is 4.53. The minimum Gasteiger partial charge on any atom is -0.461 e. The second-order valence-electron chi connectivity index (χ2n) is 10.9. The molecule has 0 aromatic heterocycles. The van der Waals surface area contributed by atoms with E-state index in [2.05, 4.69) is 0 Å². The molecule has 8 nitrogen and oxygen atoms in total. The first-order valence-corrected chi connectivity index (χ1v) is 12.8. The van der Waals surface area contributed by atoms with E-state index in [1.807, 2.05) is 0 Å². The Hall–Kier alpha value is -3.36. The molecule has 38 heavy (non-hydrogen) atoms. The van der Waals surface area contributed by atoms with Crippen molar-refractivity contribution in [1.29, 1.82) is 0 Å². The molecule has 0 radical (unpaired) electrons. The highest BCUT2D eigenvalue weighted by molar-refractivity contribution is 6.02. The molecule has 2 atom stereocenters. The van der Waals surface area contributed by atoms with Gasteiger partial charge in [0.05, 0.1) is 11.8 Å².